The van der Waals surface area contributed by atoms with Crippen molar-refractivity contribution in [1.29, 1.82) is 0 Å². The number of H-pyrrole nitrogens is 1. The van der Waals surface area contributed by atoms with E-state index in [1.807, 2.05) is 6.20 Å². The van der Waals surface area contributed by atoms with Gasteiger partial charge in [0.05, 0.1) is 7.11 Å². The number of nitrogens with one attached hydrogen (secondary N) is 2. The number of methoxy groups -OCH3 is 1. The molecule has 0 bridgehead atoms. The Morgan fingerprint density at radius 3 is 2.55 bits per heavy atom. The number of aromatic amines is 1. The third-order valence-electron chi connectivity index (χ3n) is 6.25. The number of halogens is 2. The lowest BCUT2D eigenvalue weighted by Crippen LogP contribution is -2.35. The van der Waals surface area contributed by atoms with E-state index in [-0.39, 0.29) is 23.9 Å². The molecule has 0 atom stereocenters. The number of hydrogen-bond acceptors (Lipinski definition) is 5. The van der Waals surface area contributed by atoms with Crippen LogP contribution in [0.1, 0.15) is 37.2 Å². The normalized spacial score (nSPS) is 19.0. The van der Waals surface area contributed by atoms with E-state index in [0.717, 1.165) is 55.0 Å². The highest BCUT2D eigenvalue weighted by molar-refractivity contribution is 7.90. The number of rotatable bonds is 8. The van der Waals surface area contributed by atoms with Crippen molar-refractivity contribution in [1.82, 2.24) is 10.3 Å². The van der Waals surface area contributed by atoms with E-state index in [2.05, 4.69) is 10.3 Å². The second-order valence-corrected chi connectivity index (χ2v) is 10.5. The van der Waals surface area contributed by atoms with Gasteiger partial charge in [0, 0.05) is 48.1 Å². The lowest BCUT2D eigenvalue weighted by Gasteiger charge is -2.29. The van der Waals surface area contributed by atoms with E-state index in [4.69, 9.17) is 9.47 Å². The molecule has 6 nitrogen and oxygen atoms in total. The average molecular weight is 479 g/mol. The van der Waals surface area contributed by atoms with Crippen molar-refractivity contribution in [3.63, 3.8) is 0 Å². The van der Waals surface area contributed by atoms with E-state index >= 15 is 0 Å². The monoisotopic (exact) mass is 478 g/mol. The van der Waals surface area contributed by atoms with Crippen LogP contribution in [0.4, 0.5) is 8.78 Å². The Labute approximate surface area is 192 Å². The molecule has 4 rings (SSSR count). The predicted octanol–water partition coefficient (Wildman–Crippen LogP) is 4.55. The minimum Gasteiger partial charge on any atom is -0.493 e. The maximum absolute atomic E-state index is 14.2. The first kappa shape index (κ1) is 23.5. The number of ether oxygens (including phenoxy) is 2. The van der Waals surface area contributed by atoms with Crippen molar-refractivity contribution < 1.29 is 26.7 Å². The molecule has 0 unspecified atom stereocenters. The van der Waals surface area contributed by atoms with Crippen molar-refractivity contribution in [3.05, 3.63) is 53.7 Å². The third-order valence-corrected chi connectivity index (χ3v) is 7.36. The molecule has 1 fully saturated rings. The molecule has 0 saturated heterocycles. The smallest absolute Gasteiger partial charge is 0.178 e. The van der Waals surface area contributed by atoms with Crippen molar-refractivity contribution >= 4 is 20.7 Å². The Bertz CT molecular complexity index is 1230. The predicted molar refractivity (Wildman–Crippen MR) is 123 cm³/mol. The molecule has 178 valence electrons. The van der Waals surface area contributed by atoms with Gasteiger partial charge < -0.3 is 19.8 Å². The standard InChI is InChI=1S/C24H28F2N2O4S/c1-31-22-13-24(33(2,29)30)20(26)12-23(22)32-10-9-27-17-6-3-15(4-7-17)19-14-28-21-8-5-16(25)11-18(19)21/h5,8,11-15,17,27-28H,3-4,6-7,9-10H2,1-2H3. The van der Waals surface area contributed by atoms with Crippen LogP contribution < -0.4 is 14.8 Å². The van der Waals surface area contributed by atoms with Gasteiger partial charge in [-0.2, -0.15) is 0 Å². The lowest BCUT2D eigenvalue weighted by molar-refractivity contribution is 0.269. The maximum atomic E-state index is 14.2. The van der Waals surface area contributed by atoms with Crippen LogP contribution in [-0.2, 0) is 9.84 Å². The van der Waals surface area contributed by atoms with Crippen molar-refractivity contribution in [2.75, 3.05) is 26.5 Å². The highest BCUT2D eigenvalue weighted by Crippen LogP contribution is 2.37. The minimum absolute atomic E-state index is 0.166. The van der Waals surface area contributed by atoms with Crippen LogP contribution in [0.5, 0.6) is 11.5 Å². The molecular weight excluding hydrogens is 450 g/mol. The van der Waals surface area contributed by atoms with E-state index in [1.165, 1.54) is 18.7 Å². The number of aromatic nitrogens is 1. The highest BCUT2D eigenvalue weighted by Gasteiger charge is 2.24. The van der Waals surface area contributed by atoms with Gasteiger partial charge in [0.1, 0.15) is 23.1 Å². The molecule has 9 heteroatoms. The minimum atomic E-state index is -3.70. The molecule has 33 heavy (non-hydrogen) atoms. The van der Waals surface area contributed by atoms with Gasteiger partial charge >= 0.3 is 0 Å². The fourth-order valence-electron chi connectivity index (χ4n) is 4.56. The zero-order chi connectivity index (χ0) is 23.6. The van der Waals surface area contributed by atoms with E-state index < -0.39 is 20.5 Å². The quantitative estimate of drug-likeness (QED) is 0.464. The van der Waals surface area contributed by atoms with E-state index in [9.17, 15) is 17.2 Å². The maximum Gasteiger partial charge on any atom is 0.178 e. The van der Waals surface area contributed by atoms with Crippen molar-refractivity contribution in [2.24, 2.45) is 0 Å². The Balaban J connectivity index is 1.28. The Morgan fingerprint density at radius 1 is 1.09 bits per heavy atom. The first-order valence-electron chi connectivity index (χ1n) is 11.0. The summed E-state index contributed by atoms with van der Waals surface area (Å²) in [5.74, 6) is -0.347. The summed E-state index contributed by atoms with van der Waals surface area (Å²) in [6, 6.07) is 7.38. The fraction of sp³-hybridized carbons (Fsp3) is 0.417. The highest BCUT2D eigenvalue weighted by atomic mass is 32.2. The zero-order valence-corrected chi connectivity index (χ0v) is 19.5. The van der Waals surface area contributed by atoms with Gasteiger partial charge in [0.15, 0.2) is 21.3 Å². The third kappa shape index (κ3) is 5.30. The Kier molecular flexibility index (Phi) is 6.90. The SMILES string of the molecule is COc1cc(S(C)(=O)=O)c(F)cc1OCCNC1CCC(c2c[nH]c3ccc(F)cc23)CC1. The summed E-state index contributed by atoms with van der Waals surface area (Å²) < 4.78 is 62.0. The van der Waals surface area contributed by atoms with E-state index in [0.29, 0.717) is 18.5 Å². The summed E-state index contributed by atoms with van der Waals surface area (Å²) in [7, 11) is -2.32. The summed E-state index contributed by atoms with van der Waals surface area (Å²) in [6.07, 6.45) is 6.95. The van der Waals surface area contributed by atoms with Crippen molar-refractivity contribution in [2.45, 2.75) is 42.5 Å². The van der Waals surface area contributed by atoms with Crippen molar-refractivity contribution in [3.8, 4) is 11.5 Å². The van der Waals surface area contributed by atoms with Crippen LogP contribution in [0.25, 0.3) is 10.9 Å². The van der Waals surface area contributed by atoms with Crippen LogP contribution in [-0.4, -0.2) is 46.0 Å². The molecular formula is C24H28F2N2O4S. The number of sulfone groups is 1. The van der Waals surface area contributed by atoms with Gasteiger partial charge in [-0.25, -0.2) is 17.2 Å². The molecule has 1 aromatic heterocycles. The summed E-state index contributed by atoms with van der Waals surface area (Å²) in [5.41, 5.74) is 2.14. The van der Waals surface area contributed by atoms with Gasteiger partial charge in [-0.15, -0.1) is 0 Å². The zero-order valence-electron chi connectivity index (χ0n) is 18.7. The Hall–Kier alpha value is -2.65. The molecule has 0 aliphatic heterocycles. The molecule has 3 aromatic rings. The van der Waals surface area contributed by atoms with Crippen LogP contribution >= 0.6 is 0 Å². The largest absolute Gasteiger partial charge is 0.493 e. The molecule has 1 heterocycles. The van der Waals surface area contributed by atoms with Crippen LogP contribution in [0.15, 0.2) is 41.4 Å². The summed E-state index contributed by atoms with van der Waals surface area (Å²) in [5, 5.41) is 4.43. The first-order chi connectivity index (χ1) is 15.8. The van der Waals surface area contributed by atoms with Gasteiger partial charge in [0.25, 0.3) is 0 Å². The average Bonchev–Trinajstić information content (AvgIpc) is 3.19. The van der Waals surface area contributed by atoms with Crippen LogP contribution in [0.3, 0.4) is 0 Å². The Morgan fingerprint density at radius 2 is 1.85 bits per heavy atom. The van der Waals surface area contributed by atoms with E-state index in [1.54, 1.807) is 12.1 Å². The topological polar surface area (TPSA) is 80.4 Å². The number of fused-ring (bicyclic) bond motifs is 1. The summed E-state index contributed by atoms with van der Waals surface area (Å²) in [4.78, 5) is 2.82. The molecule has 0 radical (unpaired) electrons. The fourth-order valence-corrected chi connectivity index (χ4v) is 5.29. The lowest BCUT2D eigenvalue weighted by atomic mass is 9.81. The molecule has 1 aliphatic carbocycles. The molecule has 1 aliphatic rings. The van der Waals surface area contributed by atoms with Gasteiger partial charge in [-0.1, -0.05) is 0 Å². The molecule has 1 saturated carbocycles. The molecule has 0 spiro atoms. The number of hydrogen-bond donors (Lipinski definition) is 2. The number of benzene rings is 2. The summed E-state index contributed by atoms with van der Waals surface area (Å²) in [6.45, 7) is 0.849. The summed E-state index contributed by atoms with van der Waals surface area (Å²) >= 11 is 0. The second-order valence-electron chi connectivity index (χ2n) is 8.49. The van der Waals surface area contributed by atoms with Gasteiger partial charge in [-0.05, 0) is 55.4 Å². The van der Waals surface area contributed by atoms with Gasteiger partial charge in [0.2, 0.25) is 0 Å². The first-order valence-corrected chi connectivity index (χ1v) is 12.9. The molecule has 0 amide bonds. The van der Waals surface area contributed by atoms with Crippen LogP contribution in [0.2, 0.25) is 0 Å². The van der Waals surface area contributed by atoms with Crippen LogP contribution in [0, 0.1) is 11.6 Å². The molecule has 2 N–H and O–H groups in total. The second kappa shape index (κ2) is 9.69. The van der Waals surface area contributed by atoms with Gasteiger partial charge in [-0.3, -0.25) is 0 Å². The molecule has 2 aromatic carbocycles.